The molecule has 26 heavy (non-hydrogen) atoms. The number of hydrogen-bond donors (Lipinski definition) is 1. The van der Waals surface area contributed by atoms with E-state index >= 15 is 0 Å². The van der Waals surface area contributed by atoms with Crippen molar-refractivity contribution in [3.8, 4) is 0 Å². The van der Waals surface area contributed by atoms with Gasteiger partial charge in [-0.25, -0.2) is 0 Å². The number of rotatable bonds is 7. The first-order valence-corrected chi connectivity index (χ1v) is 8.96. The highest BCUT2D eigenvalue weighted by Crippen LogP contribution is 2.29. The molecule has 2 amide bonds. The largest absolute Gasteiger partial charge is 0.336 e. The molecule has 1 atom stereocenters. The van der Waals surface area contributed by atoms with Crippen LogP contribution in [-0.4, -0.2) is 62.4 Å². The van der Waals surface area contributed by atoms with Crippen LogP contribution in [0.3, 0.4) is 0 Å². The second-order valence-corrected chi connectivity index (χ2v) is 6.60. The second kappa shape index (κ2) is 8.55. The van der Waals surface area contributed by atoms with Crippen molar-refractivity contribution in [2.45, 2.75) is 38.1 Å². The van der Waals surface area contributed by atoms with Crippen LogP contribution in [0.25, 0.3) is 0 Å². The zero-order valence-electron chi connectivity index (χ0n) is 15.0. The summed E-state index contributed by atoms with van der Waals surface area (Å²) >= 11 is 0. The topological polar surface area (TPSA) is 95.1 Å². The van der Waals surface area contributed by atoms with E-state index < -0.39 is 0 Å². The van der Waals surface area contributed by atoms with Crippen molar-refractivity contribution >= 4 is 11.8 Å². The number of likely N-dealkylation sites (N-methyl/N-ethyl adjacent to an activating group) is 1. The van der Waals surface area contributed by atoms with E-state index in [9.17, 15) is 9.59 Å². The normalized spacial score (nSPS) is 16.7. The van der Waals surface area contributed by atoms with Crippen LogP contribution < -0.4 is 0 Å². The Kier molecular flexibility index (Phi) is 5.93. The van der Waals surface area contributed by atoms with E-state index in [1.807, 2.05) is 18.2 Å². The van der Waals surface area contributed by atoms with Gasteiger partial charge in [0.2, 0.25) is 11.8 Å². The van der Waals surface area contributed by atoms with Crippen molar-refractivity contribution in [2.24, 2.45) is 0 Å². The number of aryl methyl sites for hydroxylation is 1. The molecule has 0 aliphatic carbocycles. The summed E-state index contributed by atoms with van der Waals surface area (Å²) in [5, 5.41) is 14.0. The zero-order valence-corrected chi connectivity index (χ0v) is 15.0. The van der Waals surface area contributed by atoms with Crippen molar-refractivity contribution in [3.05, 3.63) is 41.7 Å². The number of amides is 2. The fourth-order valence-corrected chi connectivity index (χ4v) is 3.31. The van der Waals surface area contributed by atoms with E-state index in [0.717, 1.165) is 25.7 Å². The predicted molar refractivity (Wildman–Crippen MR) is 94.9 cm³/mol. The average molecular weight is 356 g/mol. The molecule has 2 heterocycles. The van der Waals surface area contributed by atoms with E-state index in [1.165, 1.54) is 10.5 Å². The summed E-state index contributed by atoms with van der Waals surface area (Å²) in [5.74, 6) is 0.452. The van der Waals surface area contributed by atoms with Crippen LogP contribution in [0.1, 0.15) is 43.1 Å². The first-order chi connectivity index (χ1) is 12.6. The van der Waals surface area contributed by atoms with Gasteiger partial charge in [-0.2, -0.15) is 5.21 Å². The summed E-state index contributed by atoms with van der Waals surface area (Å²) in [6.07, 6.45) is 3.80. The summed E-state index contributed by atoms with van der Waals surface area (Å²) in [6.45, 7) is 0.743. The number of aromatic amines is 1. The summed E-state index contributed by atoms with van der Waals surface area (Å²) in [5.41, 5.74) is 1.22. The molecular weight excluding hydrogens is 332 g/mol. The van der Waals surface area contributed by atoms with Gasteiger partial charge >= 0.3 is 0 Å². The number of carbonyl (C=O) groups excluding carboxylic acids is 2. The maximum atomic E-state index is 12.6. The van der Waals surface area contributed by atoms with Gasteiger partial charge in [0.1, 0.15) is 0 Å². The summed E-state index contributed by atoms with van der Waals surface area (Å²) in [6, 6.07) is 9.94. The Hall–Kier alpha value is -2.77. The van der Waals surface area contributed by atoms with E-state index in [1.54, 1.807) is 11.9 Å². The SMILES string of the molecule is CN(CC(=O)N1CCC[C@H]1c1nn[nH]n1)C(=O)CCCc1ccccc1. The molecule has 0 unspecified atom stereocenters. The highest BCUT2D eigenvalue weighted by Gasteiger charge is 2.33. The number of tetrazole rings is 1. The van der Waals surface area contributed by atoms with Gasteiger partial charge < -0.3 is 9.80 Å². The Bertz CT molecular complexity index is 719. The van der Waals surface area contributed by atoms with Gasteiger partial charge in [-0.05, 0) is 31.2 Å². The lowest BCUT2D eigenvalue weighted by atomic mass is 10.1. The van der Waals surface area contributed by atoms with Crippen LogP contribution in [-0.2, 0) is 16.0 Å². The van der Waals surface area contributed by atoms with Crippen molar-refractivity contribution < 1.29 is 9.59 Å². The van der Waals surface area contributed by atoms with Gasteiger partial charge in [0.25, 0.3) is 0 Å². The maximum Gasteiger partial charge on any atom is 0.242 e. The van der Waals surface area contributed by atoms with Gasteiger partial charge in [-0.3, -0.25) is 9.59 Å². The average Bonchev–Trinajstić information content (AvgIpc) is 3.33. The lowest BCUT2D eigenvalue weighted by molar-refractivity contribution is -0.140. The molecule has 0 spiro atoms. The van der Waals surface area contributed by atoms with Gasteiger partial charge in [-0.1, -0.05) is 35.5 Å². The van der Waals surface area contributed by atoms with Crippen LogP contribution in [0.5, 0.6) is 0 Å². The highest BCUT2D eigenvalue weighted by molar-refractivity contribution is 5.85. The van der Waals surface area contributed by atoms with Crippen LogP contribution in [0, 0.1) is 0 Å². The lowest BCUT2D eigenvalue weighted by Crippen LogP contribution is -2.41. The minimum atomic E-state index is -0.150. The number of benzene rings is 1. The number of H-pyrrole nitrogens is 1. The standard InChI is InChI=1S/C18H24N6O2/c1-23(16(25)11-5-9-14-7-3-2-4-8-14)13-17(26)24-12-6-10-15(24)18-19-21-22-20-18/h2-4,7-8,15H,5-6,9-13H2,1H3,(H,19,20,21,22)/t15-/m0/s1. The second-order valence-electron chi connectivity index (χ2n) is 6.60. The minimum Gasteiger partial charge on any atom is -0.336 e. The first-order valence-electron chi connectivity index (χ1n) is 8.96. The quantitative estimate of drug-likeness (QED) is 0.808. The molecule has 1 N–H and O–H groups in total. The molecule has 138 valence electrons. The molecule has 1 saturated heterocycles. The molecule has 1 aliphatic rings. The third-order valence-corrected chi connectivity index (χ3v) is 4.73. The van der Waals surface area contributed by atoms with Crippen molar-refractivity contribution in [2.75, 3.05) is 20.1 Å². The van der Waals surface area contributed by atoms with Crippen molar-refractivity contribution in [3.63, 3.8) is 0 Å². The van der Waals surface area contributed by atoms with E-state index in [-0.39, 0.29) is 24.4 Å². The third kappa shape index (κ3) is 4.44. The molecule has 3 rings (SSSR count). The molecule has 0 radical (unpaired) electrons. The van der Waals surface area contributed by atoms with Crippen molar-refractivity contribution in [1.29, 1.82) is 0 Å². The maximum absolute atomic E-state index is 12.6. The Morgan fingerprint density at radius 2 is 2.12 bits per heavy atom. The summed E-state index contributed by atoms with van der Waals surface area (Å²) in [4.78, 5) is 28.2. The Labute approximate surface area is 152 Å². The van der Waals surface area contributed by atoms with Gasteiger partial charge in [0, 0.05) is 20.0 Å². The number of nitrogens with one attached hydrogen (secondary N) is 1. The highest BCUT2D eigenvalue weighted by atomic mass is 16.2. The van der Waals surface area contributed by atoms with Gasteiger partial charge in [0.05, 0.1) is 12.6 Å². The number of hydrogen-bond acceptors (Lipinski definition) is 5. The molecule has 2 aromatic rings. The summed E-state index contributed by atoms with van der Waals surface area (Å²) in [7, 11) is 1.68. The predicted octanol–water partition coefficient (Wildman–Crippen LogP) is 1.34. The molecule has 1 aromatic heterocycles. The Balaban J connectivity index is 1.46. The van der Waals surface area contributed by atoms with E-state index in [0.29, 0.717) is 18.8 Å². The Morgan fingerprint density at radius 1 is 1.31 bits per heavy atom. The van der Waals surface area contributed by atoms with Gasteiger partial charge in [-0.15, -0.1) is 10.2 Å². The monoisotopic (exact) mass is 356 g/mol. The molecule has 0 bridgehead atoms. The number of likely N-dealkylation sites (tertiary alicyclic amines) is 1. The molecule has 1 fully saturated rings. The fourth-order valence-electron chi connectivity index (χ4n) is 3.31. The third-order valence-electron chi connectivity index (χ3n) is 4.73. The number of carbonyl (C=O) groups is 2. The van der Waals surface area contributed by atoms with Gasteiger partial charge in [0.15, 0.2) is 5.82 Å². The van der Waals surface area contributed by atoms with Crippen LogP contribution >= 0.6 is 0 Å². The first kappa shape index (κ1) is 18.0. The fraction of sp³-hybridized carbons (Fsp3) is 0.500. The lowest BCUT2D eigenvalue weighted by Gasteiger charge is -2.25. The number of nitrogens with zero attached hydrogens (tertiary/aromatic N) is 5. The molecule has 8 nitrogen and oxygen atoms in total. The Morgan fingerprint density at radius 3 is 2.85 bits per heavy atom. The minimum absolute atomic E-state index is 0.00964. The van der Waals surface area contributed by atoms with Crippen LogP contribution in [0.15, 0.2) is 30.3 Å². The molecular formula is C18H24N6O2. The smallest absolute Gasteiger partial charge is 0.242 e. The zero-order chi connectivity index (χ0) is 18.4. The molecule has 1 aromatic carbocycles. The van der Waals surface area contributed by atoms with E-state index in [2.05, 4.69) is 32.8 Å². The summed E-state index contributed by atoms with van der Waals surface area (Å²) < 4.78 is 0. The van der Waals surface area contributed by atoms with Crippen LogP contribution in [0.4, 0.5) is 0 Å². The van der Waals surface area contributed by atoms with Crippen LogP contribution in [0.2, 0.25) is 0 Å². The van der Waals surface area contributed by atoms with E-state index in [4.69, 9.17) is 0 Å². The van der Waals surface area contributed by atoms with Crippen molar-refractivity contribution in [1.82, 2.24) is 30.4 Å². The molecule has 0 saturated carbocycles. The number of aromatic nitrogens is 4. The molecule has 1 aliphatic heterocycles. The molecule has 8 heteroatoms.